The Morgan fingerprint density at radius 2 is 1.31 bits per heavy atom. The number of rotatable bonds is 5. The molecule has 2 saturated carbocycles. The lowest BCUT2D eigenvalue weighted by Gasteiger charge is -2.37. The van der Waals surface area contributed by atoms with Gasteiger partial charge in [0.2, 0.25) is 0 Å². The molecule has 2 unspecified atom stereocenters. The summed E-state index contributed by atoms with van der Waals surface area (Å²) in [6, 6.07) is 28.6. The predicted molar refractivity (Wildman–Crippen MR) is 144 cm³/mol. The van der Waals surface area contributed by atoms with Gasteiger partial charge in [-0.25, -0.2) is 8.42 Å². The third kappa shape index (κ3) is 5.31. The Morgan fingerprint density at radius 1 is 0.833 bits per heavy atom. The van der Waals surface area contributed by atoms with Crippen LogP contribution in [-0.2, 0) is 25.8 Å². The predicted octanol–water partition coefficient (Wildman–Crippen LogP) is 6.33. The van der Waals surface area contributed by atoms with Gasteiger partial charge in [-0.05, 0) is 74.4 Å². The molecule has 6 heteroatoms. The molecule has 4 nitrogen and oxygen atoms in total. The quantitative estimate of drug-likeness (QED) is 0.290. The second-order valence-corrected chi connectivity index (χ2v) is 14.0. The zero-order valence-electron chi connectivity index (χ0n) is 21.4. The molecule has 3 aromatic rings. The van der Waals surface area contributed by atoms with Gasteiger partial charge in [-0.3, -0.25) is 4.79 Å². The Labute approximate surface area is 218 Å². The van der Waals surface area contributed by atoms with Crippen LogP contribution >= 0.6 is 0 Å². The molecule has 0 aromatic heterocycles. The van der Waals surface area contributed by atoms with Crippen LogP contribution in [0.3, 0.4) is 0 Å². The number of Topliss-reactive ketones (excluding diaryl/α,β-unsaturated/α-hetero) is 1. The third-order valence-corrected chi connectivity index (χ3v) is 11.1. The van der Waals surface area contributed by atoms with Gasteiger partial charge in [0.1, 0.15) is 5.78 Å². The number of hydrogen-bond donors (Lipinski definition) is 0. The zero-order chi connectivity index (χ0) is 26.1. The smallest absolute Gasteiger partial charge is 0.166 e. The molecule has 5 rings (SSSR count). The van der Waals surface area contributed by atoms with Crippen molar-refractivity contribution < 1.29 is 17.8 Å². The minimum absolute atomic E-state index is 0.0248. The highest BCUT2D eigenvalue weighted by Gasteiger charge is 2.64. The van der Waals surface area contributed by atoms with E-state index in [0.717, 1.165) is 6.42 Å². The molecule has 2 bridgehead atoms. The Balaban J connectivity index is 0.000000179. The van der Waals surface area contributed by atoms with Gasteiger partial charge in [0.05, 0.1) is 26.8 Å². The average Bonchev–Trinajstić information content (AvgIpc) is 3.16. The largest absolute Gasteiger partial charge is 0.748 e. The first-order chi connectivity index (χ1) is 16.9. The summed E-state index contributed by atoms with van der Waals surface area (Å²) in [5.74, 6) is -0.280. The number of ketones is 1. The lowest BCUT2D eigenvalue weighted by atomic mass is 9.70. The Morgan fingerprint density at radius 3 is 1.69 bits per heavy atom. The van der Waals surface area contributed by atoms with Crippen molar-refractivity contribution in [1.29, 1.82) is 0 Å². The van der Waals surface area contributed by atoms with Crippen LogP contribution in [0, 0.1) is 30.6 Å². The lowest BCUT2D eigenvalue weighted by molar-refractivity contribution is -0.128. The van der Waals surface area contributed by atoms with Crippen molar-refractivity contribution in [1.82, 2.24) is 0 Å². The van der Waals surface area contributed by atoms with Crippen LogP contribution in [0.1, 0.15) is 44.2 Å². The third-order valence-electron chi connectivity index (χ3n) is 8.05. The lowest BCUT2D eigenvalue weighted by Crippen LogP contribution is -2.42. The Kier molecular flexibility index (Phi) is 7.52. The average molecular weight is 523 g/mol. The van der Waals surface area contributed by atoms with Crippen molar-refractivity contribution in [3.63, 3.8) is 0 Å². The van der Waals surface area contributed by atoms with Gasteiger partial charge in [-0.1, -0.05) is 67.4 Å². The van der Waals surface area contributed by atoms with Crippen molar-refractivity contribution in [3.05, 3.63) is 90.0 Å². The molecule has 0 radical (unpaired) electrons. The summed E-state index contributed by atoms with van der Waals surface area (Å²) in [7, 11) is -4.36. The van der Waals surface area contributed by atoms with Crippen molar-refractivity contribution in [3.8, 4) is 0 Å². The van der Waals surface area contributed by atoms with Crippen LogP contribution in [-0.4, -0.2) is 24.5 Å². The van der Waals surface area contributed by atoms with Gasteiger partial charge >= 0.3 is 0 Å². The minimum Gasteiger partial charge on any atom is -0.748 e. The van der Waals surface area contributed by atoms with E-state index >= 15 is 0 Å². The fourth-order valence-electron chi connectivity index (χ4n) is 5.72. The summed E-state index contributed by atoms with van der Waals surface area (Å²) < 4.78 is 32.7. The number of aryl methyl sites for hydroxylation is 2. The molecule has 0 saturated heterocycles. The number of fused-ring (bicyclic) bond motifs is 2. The molecule has 2 fully saturated rings. The Bertz CT molecular complexity index is 1270. The maximum absolute atomic E-state index is 11.8. The second-order valence-electron chi connectivity index (χ2n) is 10.6. The highest BCUT2D eigenvalue weighted by atomic mass is 32.2. The van der Waals surface area contributed by atoms with Gasteiger partial charge in [-0.15, -0.1) is 0 Å². The van der Waals surface area contributed by atoms with Gasteiger partial charge in [-0.2, -0.15) is 0 Å². The highest BCUT2D eigenvalue weighted by Crippen LogP contribution is 2.64. The first-order valence-electron chi connectivity index (χ1n) is 12.3. The molecule has 0 amide bonds. The maximum Gasteiger partial charge on any atom is 0.166 e. The number of carbonyl (C=O) groups is 1. The van der Waals surface area contributed by atoms with Crippen LogP contribution in [0.2, 0.25) is 0 Å². The van der Waals surface area contributed by atoms with Crippen molar-refractivity contribution in [2.24, 2.45) is 16.7 Å². The fourth-order valence-corrected chi connectivity index (χ4v) is 9.07. The van der Waals surface area contributed by atoms with Crippen LogP contribution in [0.4, 0.5) is 0 Å². The molecule has 0 aliphatic heterocycles. The van der Waals surface area contributed by atoms with Crippen molar-refractivity contribution in [2.45, 2.75) is 61.6 Å². The van der Waals surface area contributed by atoms with Crippen LogP contribution in [0.25, 0.3) is 0 Å². The summed E-state index contributed by atoms with van der Waals surface area (Å²) in [5, 5.41) is 0. The van der Waals surface area contributed by atoms with Gasteiger partial charge in [0.25, 0.3) is 0 Å². The van der Waals surface area contributed by atoms with E-state index in [1.165, 1.54) is 25.8 Å². The first kappa shape index (κ1) is 26.6. The van der Waals surface area contributed by atoms with Gasteiger partial charge in [0, 0.05) is 11.8 Å². The molecular formula is C30H34O4S2. The van der Waals surface area contributed by atoms with E-state index in [1.54, 1.807) is 0 Å². The standard InChI is InChI=1S/C20H19S.C10H16O4S/c1-16-8-12-19(13-9-16)21(18-6-4-3-5-7-18)20-14-10-17(2)11-15-20;1-9(2)7-3-4-10(9,8(11)5-7)6-15(12,13)14/h3-15H,1-2H3;7H,3-6H2,1-2H3,(H,12,13,14)/q+1;/p-1. The normalized spacial score (nSPS) is 22.4. The van der Waals surface area contributed by atoms with Crippen LogP contribution in [0.5, 0.6) is 0 Å². The van der Waals surface area contributed by atoms with Crippen LogP contribution < -0.4 is 0 Å². The van der Waals surface area contributed by atoms with Gasteiger partial charge in [0.15, 0.2) is 14.7 Å². The highest BCUT2D eigenvalue weighted by molar-refractivity contribution is 7.97. The molecule has 2 atom stereocenters. The fraction of sp³-hybridized carbons (Fsp3) is 0.367. The minimum atomic E-state index is -4.33. The number of hydrogen-bond acceptors (Lipinski definition) is 4. The van der Waals surface area contributed by atoms with E-state index in [9.17, 15) is 17.8 Å². The van der Waals surface area contributed by atoms with E-state index in [1.807, 2.05) is 13.8 Å². The van der Waals surface area contributed by atoms with Crippen LogP contribution in [0.15, 0.2) is 93.5 Å². The molecule has 0 spiro atoms. The molecule has 36 heavy (non-hydrogen) atoms. The van der Waals surface area contributed by atoms with E-state index in [2.05, 4.69) is 92.7 Å². The Hall–Kier alpha value is -2.41. The summed E-state index contributed by atoms with van der Waals surface area (Å²) in [6.07, 6.45) is 1.88. The first-order valence-corrected chi connectivity index (χ1v) is 15.1. The number of carbonyl (C=O) groups excluding carboxylic acids is 1. The molecule has 0 heterocycles. The second kappa shape index (κ2) is 10.2. The zero-order valence-corrected chi connectivity index (χ0v) is 23.0. The van der Waals surface area contributed by atoms with Gasteiger partial charge < -0.3 is 4.55 Å². The van der Waals surface area contributed by atoms with Crippen molar-refractivity contribution >= 4 is 26.8 Å². The number of benzene rings is 3. The van der Waals surface area contributed by atoms with E-state index in [4.69, 9.17) is 0 Å². The molecule has 2 aliphatic carbocycles. The topological polar surface area (TPSA) is 74.3 Å². The van der Waals surface area contributed by atoms with E-state index < -0.39 is 21.3 Å². The van der Waals surface area contributed by atoms with Crippen molar-refractivity contribution in [2.75, 3.05) is 5.75 Å². The molecule has 190 valence electrons. The summed E-state index contributed by atoms with van der Waals surface area (Å²) in [4.78, 5) is 16.0. The monoisotopic (exact) mass is 522 g/mol. The molecular weight excluding hydrogens is 488 g/mol. The summed E-state index contributed by atoms with van der Waals surface area (Å²) >= 11 is 0. The summed E-state index contributed by atoms with van der Waals surface area (Å²) in [5.41, 5.74) is 1.39. The SMILES string of the molecule is CC1(C)C2CCC1(CS(=O)(=O)[O-])C(=O)C2.Cc1ccc([S+](c2ccccc2)c2ccc(C)cc2)cc1. The summed E-state index contributed by atoms with van der Waals surface area (Å²) in [6.45, 7) is 8.11. The molecule has 0 N–H and O–H groups in total. The molecule has 2 aliphatic rings. The maximum atomic E-state index is 11.8. The van der Waals surface area contributed by atoms with E-state index in [-0.39, 0.29) is 28.0 Å². The molecule has 3 aromatic carbocycles. The van der Waals surface area contributed by atoms with E-state index in [0.29, 0.717) is 12.8 Å².